The van der Waals surface area contributed by atoms with E-state index in [1.807, 2.05) is 11.3 Å². The molecule has 2 N–H and O–H groups in total. The summed E-state index contributed by atoms with van der Waals surface area (Å²) in [5.41, 5.74) is 6.80. The average Bonchev–Trinajstić information content (AvgIpc) is 2.94. The minimum absolute atomic E-state index is 0.496. The van der Waals surface area contributed by atoms with Crippen LogP contribution in [0.15, 0.2) is 24.3 Å². The van der Waals surface area contributed by atoms with Gasteiger partial charge in [-0.3, -0.25) is 4.90 Å². The number of hydrogen-bond donors (Lipinski definition) is 1. The van der Waals surface area contributed by atoms with Crippen molar-refractivity contribution >= 4 is 21.6 Å². The van der Waals surface area contributed by atoms with Crippen LogP contribution in [0.5, 0.6) is 0 Å². The quantitative estimate of drug-likeness (QED) is 0.905. The highest BCUT2D eigenvalue weighted by molar-refractivity contribution is 7.18. The first-order valence-electron chi connectivity index (χ1n) is 6.18. The molecule has 1 aliphatic heterocycles. The van der Waals surface area contributed by atoms with Gasteiger partial charge in [0.05, 0.1) is 16.3 Å². The fraction of sp³-hybridized carbons (Fsp3) is 0.462. The summed E-state index contributed by atoms with van der Waals surface area (Å²) in [6, 6.07) is 8.88. The van der Waals surface area contributed by atoms with E-state index in [4.69, 9.17) is 10.7 Å². The molecule has 17 heavy (non-hydrogen) atoms. The van der Waals surface area contributed by atoms with Gasteiger partial charge in [0.15, 0.2) is 0 Å². The zero-order chi connectivity index (χ0) is 11.7. The third kappa shape index (κ3) is 2.08. The maximum absolute atomic E-state index is 5.67. The molecule has 4 heteroatoms. The number of para-hydroxylation sites is 1. The lowest BCUT2D eigenvalue weighted by Gasteiger charge is -2.21. The molecule has 1 aromatic carbocycles. The van der Waals surface area contributed by atoms with Crippen LogP contribution in [0.4, 0.5) is 0 Å². The average molecular weight is 247 g/mol. The molecule has 0 amide bonds. The van der Waals surface area contributed by atoms with E-state index in [0.717, 1.165) is 25.2 Å². The first-order valence-corrected chi connectivity index (χ1v) is 7.00. The third-order valence-electron chi connectivity index (χ3n) is 3.38. The van der Waals surface area contributed by atoms with Gasteiger partial charge in [-0.05, 0) is 31.5 Å². The van der Waals surface area contributed by atoms with Gasteiger partial charge in [0.2, 0.25) is 0 Å². The normalized spacial score (nSPS) is 21.4. The summed E-state index contributed by atoms with van der Waals surface area (Å²) in [6.45, 7) is 2.89. The first kappa shape index (κ1) is 11.1. The number of thiazole rings is 1. The Morgan fingerprint density at radius 1 is 1.41 bits per heavy atom. The monoisotopic (exact) mass is 247 g/mol. The predicted molar refractivity (Wildman–Crippen MR) is 72.2 cm³/mol. The lowest BCUT2D eigenvalue weighted by Crippen LogP contribution is -2.28. The van der Waals surface area contributed by atoms with Gasteiger partial charge < -0.3 is 5.73 Å². The molecule has 0 aliphatic carbocycles. The van der Waals surface area contributed by atoms with Crippen LogP contribution in [0.3, 0.4) is 0 Å². The van der Waals surface area contributed by atoms with Gasteiger partial charge in [0.25, 0.3) is 0 Å². The van der Waals surface area contributed by atoms with Crippen LogP contribution in [0.2, 0.25) is 0 Å². The van der Waals surface area contributed by atoms with E-state index in [9.17, 15) is 0 Å². The molecule has 1 unspecified atom stereocenters. The van der Waals surface area contributed by atoms with Crippen LogP contribution < -0.4 is 5.73 Å². The summed E-state index contributed by atoms with van der Waals surface area (Å²) < 4.78 is 1.29. The van der Waals surface area contributed by atoms with Gasteiger partial charge in [0, 0.05) is 13.1 Å². The topological polar surface area (TPSA) is 42.1 Å². The number of nitrogens with zero attached hydrogens (tertiary/aromatic N) is 2. The molecule has 1 fully saturated rings. The van der Waals surface area contributed by atoms with E-state index in [1.54, 1.807) is 0 Å². The van der Waals surface area contributed by atoms with Crippen LogP contribution in [0.25, 0.3) is 10.2 Å². The summed E-state index contributed by atoms with van der Waals surface area (Å²) in [7, 11) is 0. The molecule has 1 aromatic heterocycles. The Hall–Kier alpha value is -0.970. The fourth-order valence-corrected chi connectivity index (χ4v) is 3.71. The highest BCUT2D eigenvalue weighted by Crippen LogP contribution is 2.35. The number of rotatable bonds is 3. The van der Waals surface area contributed by atoms with E-state index in [0.29, 0.717) is 6.04 Å². The molecule has 1 aliphatic rings. The standard InChI is InChI=1S/C13H17N3S/c14-7-9-16-8-3-5-11(16)13-15-10-4-1-2-6-12(10)17-13/h1-2,4,6,11H,3,5,7-9,14H2. The van der Waals surface area contributed by atoms with Crippen molar-refractivity contribution in [2.45, 2.75) is 18.9 Å². The van der Waals surface area contributed by atoms with Crippen LogP contribution in [-0.4, -0.2) is 29.5 Å². The second-order valence-electron chi connectivity index (χ2n) is 4.50. The van der Waals surface area contributed by atoms with Gasteiger partial charge in [-0.1, -0.05) is 12.1 Å². The van der Waals surface area contributed by atoms with E-state index in [-0.39, 0.29) is 0 Å². The fourth-order valence-electron chi connectivity index (χ4n) is 2.57. The van der Waals surface area contributed by atoms with Crippen LogP contribution in [0.1, 0.15) is 23.9 Å². The number of aromatic nitrogens is 1. The predicted octanol–water partition coefficient (Wildman–Crippen LogP) is 2.39. The molecule has 1 saturated heterocycles. The molecule has 1 atom stereocenters. The van der Waals surface area contributed by atoms with Crippen molar-refractivity contribution in [3.8, 4) is 0 Å². The molecular formula is C13H17N3S. The Bertz CT molecular complexity index is 475. The van der Waals surface area contributed by atoms with Gasteiger partial charge in [-0.15, -0.1) is 11.3 Å². The second kappa shape index (κ2) is 4.72. The molecule has 2 heterocycles. The molecular weight excluding hydrogens is 230 g/mol. The summed E-state index contributed by atoms with van der Waals surface area (Å²) in [5.74, 6) is 0. The number of hydrogen-bond acceptors (Lipinski definition) is 4. The molecule has 0 spiro atoms. The van der Waals surface area contributed by atoms with Crippen LogP contribution >= 0.6 is 11.3 Å². The molecule has 90 valence electrons. The molecule has 0 radical (unpaired) electrons. The highest BCUT2D eigenvalue weighted by atomic mass is 32.1. The maximum atomic E-state index is 5.67. The number of fused-ring (bicyclic) bond motifs is 1. The van der Waals surface area contributed by atoms with Crippen LogP contribution in [-0.2, 0) is 0 Å². The minimum atomic E-state index is 0.496. The summed E-state index contributed by atoms with van der Waals surface area (Å²) in [6.07, 6.45) is 2.49. The molecule has 3 nitrogen and oxygen atoms in total. The van der Waals surface area contributed by atoms with E-state index in [1.165, 1.54) is 22.5 Å². The number of nitrogens with two attached hydrogens (primary N) is 1. The summed E-state index contributed by atoms with van der Waals surface area (Å²) in [5, 5.41) is 1.26. The summed E-state index contributed by atoms with van der Waals surface area (Å²) >= 11 is 1.83. The van der Waals surface area contributed by atoms with Crippen molar-refractivity contribution in [1.82, 2.24) is 9.88 Å². The van der Waals surface area contributed by atoms with Gasteiger partial charge >= 0.3 is 0 Å². The van der Waals surface area contributed by atoms with Crippen molar-refractivity contribution in [1.29, 1.82) is 0 Å². The van der Waals surface area contributed by atoms with Gasteiger partial charge in [0.1, 0.15) is 5.01 Å². The van der Waals surface area contributed by atoms with Crippen molar-refractivity contribution in [2.75, 3.05) is 19.6 Å². The maximum Gasteiger partial charge on any atom is 0.111 e. The zero-order valence-electron chi connectivity index (χ0n) is 9.80. The molecule has 0 bridgehead atoms. The minimum Gasteiger partial charge on any atom is -0.329 e. The largest absolute Gasteiger partial charge is 0.329 e. The van der Waals surface area contributed by atoms with E-state index >= 15 is 0 Å². The lowest BCUT2D eigenvalue weighted by molar-refractivity contribution is 0.264. The Labute approximate surface area is 105 Å². The number of likely N-dealkylation sites (tertiary alicyclic amines) is 1. The van der Waals surface area contributed by atoms with E-state index < -0.39 is 0 Å². The first-order chi connectivity index (χ1) is 8.38. The smallest absolute Gasteiger partial charge is 0.111 e. The van der Waals surface area contributed by atoms with E-state index in [2.05, 4.69) is 29.2 Å². The van der Waals surface area contributed by atoms with Crippen molar-refractivity contribution in [3.05, 3.63) is 29.3 Å². The number of benzene rings is 1. The Kier molecular flexibility index (Phi) is 3.09. The van der Waals surface area contributed by atoms with Crippen molar-refractivity contribution in [3.63, 3.8) is 0 Å². The molecule has 0 saturated carbocycles. The van der Waals surface area contributed by atoms with Crippen molar-refractivity contribution < 1.29 is 0 Å². The molecule has 3 rings (SSSR count). The Morgan fingerprint density at radius 3 is 3.12 bits per heavy atom. The Balaban J connectivity index is 1.92. The molecule has 2 aromatic rings. The van der Waals surface area contributed by atoms with Gasteiger partial charge in [-0.2, -0.15) is 0 Å². The zero-order valence-corrected chi connectivity index (χ0v) is 10.6. The lowest BCUT2D eigenvalue weighted by atomic mass is 10.2. The van der Waals surface area contributed by atoms with Crippen molar-refractivity contribution in [2.24, 2.45) is 5.73 Å². The SMILES string of the molecule is NCCN1CCCC1c1nc2ccccc2s1. The second-order valence-corrected chi connectivity index (χ2v) is 5.56. The highest BCUT2D eigenvalue weighted by Gasteiger charge is 2.27. The van der Waals surface area contributed by atoms with Gasteiger partial charge in [-0.25, -0.2) is 4.98 Å². The van der Waals surface area contributed by atoms with Crippen LogP contribution in [0, 0.1) is 0 Å². The summed E-state index contributed by atoms with van der Waals surface area (Å²) in [4.78, 5) is 7.23. The Morgan fingerprint density at radius 2 is 2.29 bits per heavy atom. The third-order valence-corrected chi connectivity index (χ3v) is 4.51.